The molecule has 110 valence electrons. The Morgan fingerprint density at radius 1 is 1.05 bits per heavy atom. The quantitative estimate of drug-likeness (QED) is 0.620. The van der Waals surface area contributed by atoms with Gasteiger partial charge in [-0.15, -0.1) is 0 Å². The van der Waals surface area contributed by atoms with Crippen molar-refractivity contribution in [2.24, 2.45) is 11.8 Å². The van der Waals surface area contributed by atoms with E-state index >= 15 is 0 Å². The van der Waals surface area contributed by atoms with Crippen LogP contribution in [0.4, 0.5) is 5.69 Å². The number of carbonyl (C=O) groups is 2. The van der Waals surface area contributed by atoms with Gasteiger partial charge in [-0.3, -0.25) is 9.59 Å². The van der Waals surface area contributed by atoms with Gasteiger partial charge in [-0.1, -0.05) is 17.2 Å². The molecule has 3 rings (SSSR count). The third-order valence-corrected chi connectivity index (χ3v) is 4.65. The number of methoxy groups -OCH3 is 1. The van der Waals surface area contributed by atoms with E-state index in [-0.39, 0.29) is 23.7 Å². The Bertz CT molecular complexity index is 615. The molecule has 1 aromatic rings. The summed E-state index contributed by atoms with van der Waals surface area (Å²) in [6.45, 7) is 4.11. The largest absolute Gasteiger partial charge is 0.497 e. The Balaban J connectivity index is 1.96. The van der Waals surface area contributed by atoms with E-state index in [9.17, 15) is 9.59 Å². The number of imide groups is 1. The third-order valence-electron chi connectivity index (χ3n) is 4.65. The molecule has 1 heterocycles. The van der Waals surface area contributed by atoms with Crippen LogP contribution in [0, 0.1) is 11.8 Å². The number of hydrogen-bond acceptors (Lipinski definition) is 3. The Morgan fingerprint density at radius 3 is 2.14 bits per heavy atom. The van der Waals surface area contributed by atoms with E-state index in [4.69, 9.17) is 4.74 Å². The zero-order valence-electron chi connectivity index (χ0n) is 12.6. The molecular weight excluding hydrogens is 266 g/mol. The summed E-state index contributed by atoms with van der Waals surface area (Å²) in [7, 11) is 1.57. The Labute approximate surface area is 124 Å². The predicted molar refractivity (Wildman–Crippen MR) is 80.1 cm³/mol. The number of rotatable bonds is 2. The Kier molecular flexibility index (Phi) is 3.32. The highest BCUT2D eigenvalue weighted by Crippen LogP contribution is 2.42. The van der Waals surface area contributed by atoms with Crippen LogP contribution in [0.15, 0.2) is 35.4 Å². The zero-order valence-corrected chi connectivity index (χ0v) is 12.6. The number of allylic oxidation sites excluding steroid dienone is 2. The number of anilines is 1. The van der Waals surface area contributed by atoms with Crippen LogP contribution in [0.1, 0.15) is 26.7 Å². The molecule has 0 bridgehead atoms. The highest BCUT2D eigenvalue weighted by atomic mass is 16.5. The van der Waals surface area contributed by atoms with Gasteiger partial charge in [0.2, 0.25) is 11.8 Å². The summed E-state index contributed by atoms with van der Waals surface area (Å²) >= 11 is 0. The maximum Gasteiger partial charge on any atom is 0.238 e. The van der Waals surface area contributed by atoms with Crippen LogP contribution < -0.4 is 9.64 Å². The minimum atomic E-state index is -0.201. The molecule has 1 aromatic carbocycles. The minimum Gasteiger partial charge on any atom is -0.497 e. The molecule has 2 atom stereocenters. The molecule has 2 unspecified atom stereocenters. The molecule has 4 heteroatoms. The van der Waals surface area contributed by atoms with Crippen molar-refractivity contribution < 1.29 is 14.3 Å². The second kappa shape index (κ2) is 5.02. The number of amides is 2. The number of fused-ring (bicyclic) bond motifs is 1. The smallest absolute Gasteiger partial charge is 0.238 e. The fraction of sp³-hybridized carbons (Fsp3) is 0.412. The van der Waals surface area contributed by atoms with Crippen LogP contribution in [0.5, 0.6) is 5.75 Å². The predicted octanol–water partition coefficient (Wildman–Crippen LogP) is 2.93. The number of benzene rings is 1. The van der Waals surface area contributed by atoms with Gasteiger partial charge in [-0.2, -0.15) is 0 Å². The van der Waals surface area contributed by atoms with Crippen LogP contribution in [-0.2, 0) is 9.59 Å². The lowest BCUT2D eigenvalue weighted by Gasteiger charge is -2.23. The molecule has 4 nitrogen and oxygen atoms in total. The fourth-order valence-corrected chi connectivity index (χ4v) is 3.26. The van der Waals surface area contributed by atoms with Gasteiger partial charge in [0.25, 0.3) is 0 Å². The molecule has 1 aliphatic carbocycles. The summed E-state index contributed by atoms with van der Waals surface area (Å²) in [5.41, 5.74) is 3.09. The van der Waals surface area contributed by atoms with Gasteiger partial charge >= 0.3 is 0 Å². The van der Waals surface area contributed by atoms with Crippen LogP contribution in [-0.4, -0.2) is 18.9 Å². The van der Waals surface area contributed by atoms with Crippen molar-refractivity contribution in [3.8, 4) is 5.75 Å². The van der Waals surface area contributed by atoms with Crippen molar-refractivity contribution >= 4 is 17.5 Å². The highest BCUT2D eigenvalue weighted by molar-refractivity contribution is 6.22. The number of ether oxygens (including phenoxy) is 1. The molecule has 0 N–H and O–H groups in total. The van der Waals surface area contributed by atoms with E-state index in [1.165, 1.54) is 16.0 Å². The number of nitrogens with zero attached hydrogens (tertiary/aromatic N) is 1. The second-order valence-corrected chi connectivity index (χ2v) is 5.90. The van der Waals surface area contributed by atoms with E-state index in [0.717, 1.165) is 0 Å². The van der Waals surface area contributed by atoms with E-state index in [0.29, 0.717) is 24.3 Å². The zero-order chi connectivity index (χ0) is 15.1. The Hall–Kier alpha value is -2.10. The van der Waals surface area contributed by atoms with E-state index in [1.807, 2.05) is 0 Å². The van der Waals surface area contributed by atoms with Crippen molar-refractivity contribution in [3.05, 3.63) is 35.4 Å². The SMILES string of the molecule is COc1cccc(N2C(=O)C3CC(C)=C(C)CC3C2=O)c1. The van der Waals surface area contributed by atoms with Crippen molar-refractivity contribution in [3.63, 3.8) is 0 Å². The summed E-state index contributed by atoms with van der Waals surface area (Å²) in [4.78, 5) is 26.6. The first-order valence-corrected chi connectivity index (χ1v) is 7.20. The van der Waals surface area contributed by atoms with Gasteiger partial charge in [0.15, 0.2) is 0 Å². The summed E-state index contributed by atoms with van der Waals surface area (Å²) in [5.74, 6) is 0.0865. The first-order valence-electron chi connectivity index (χ1n) is 7.20. The molecule has 0 radical (unpaired) electrons. The molecule has 1 aliphatic heterocycles. The molecule has 21 heavy (non-hydrogen) atoms. The molecule has 0 spiro atoms. The molecule has 1 saturated heterocycles. The lowest BCUT2D eigenvalue weighted by molar-refractivity contribution is -0.122. The normalized spacial score (nSPS) is 25.4. The lowest BCUT2D eigenvalue weighted by Crippen LogP contribution is -2.30. The number of carbonyl (C=O) groups excluding carboxylic acids is 2. The summed E-state index contributed by atoms with van der Waals surface area (Å²) < 4.78 is 5.18. The molecule has 1 fully saturated rings. The lowest BCUT2D eigenvalue weighted by atomic mass is 9.78. The van der Waals surface area contributed by atoms with Gasteiger partial charge < -0.3 is 4.74 Å². The van der Waals surface area contributed by atoms with Gasteiger partial charge in [-0.25, -0.2) is 4.90 Å². The molecule has 0 saturated carbocycles. The third kappa shape index (κ3) is 2.15. The van der Waals surface area contributed by atoms with Crippen LogP contribution in [0.3, 0.4) is 0 Å². The van der Waals surface area contributed by atoms with Crippen LogP contribution in [0.2, 0.25) is 0 Å². The molecule has 2 amide bonds. The molecular formula is C17H19NO3. The van der Waals surface area contributed by atoms with Gasteiger partial charge in [-0.05, 0) is 38.8 Å². The van der Waals surface area contributed by atoms with Crippen LogP contribution in [0.25, 0.3) is 0 Å². The van der Waals surface area contributed by atoms with Gasteiger partial charge in [0.1, 0.15) is 5.75 Å². The van der Waals surface area contributed by atoms with Crippen molar-refractivity contribution in [2.45, 2.75) is 26.7 Å². The molecule has 0 aromatic heterocycles. The van der Waals surface area contributed by atoms with Crippen molar-refractivity contribution in [2.75, 3.05) is 12.0 Å². The Morgan fingerprint density at radius 2 is 1.62 bits per heavy atom. The van der Waals surface area contributed by atoms with Crippen molar-refractivity contribution in [1.29, 1.82) is 0 Å². The summed E-state index contributed by atoms with van der Waals surface area (Å²) in [6, 6.07) is 7.12. The topological polar surface area (TPSA) is 46.6 Å². The average Bonchev–Trinajstić information content (AvgIpc) is 2.71. The maximum atomic E-state index is 12.6. The maximum absolute atomic E-state index is 12.6. The van der Waals surface area contributed by atoms with E-state index in [2.05, 4.69) is 13.8 Å². The summed E-state index contributed by atoms with van der Waals surface area (Å²) in [6.07, 6.45) is 1.39. The van der Waals surface area contributed by atoms with Gasteiger partial charge in [0.05, 0.1) is 24.6 Å². The van der Waals surface area contributed by atoms with Crippen LogP contribution >= 0.6 is 0 Å². The first-order chi connectivity index (χ1) is 10.0. The van der Waals surface area contributed by atoms with Gasteiger partial charge in [0, 0.05) is 6.07 Å². The highest BCUT2D eigenvalue weighted by Gasteiger charge is 2.49. The van der Waals surface area contributed by atoms with E-state index in [1.54, 1.807) is 31.4 Å². The molecule has 2 aliphatic rings. The van der Waals surface area contributed by atoms with Crippen molar-refractivity contribution in [1.82, 2.24) is 0 Å². The monoisotopic (exact) mass is 285 g/mol. The number of hydrogen-bond donors (Lipinski definition) is 0. The summed E-state index contributed by atoms with van der Waals surface area (Å²) in [5, 5.41) is 0. The first kappa shape index (κ1) is 13.9. The standard InChI is InChI=1S/C17H19NO3/c1-10-7-14-15(8-11(10)2)17(20)18(16(14)19)12-5-4-6-13(9-12)21-3/h4-6,9,14-15H,7-8H2,1-3H3. The average molecular weight is 285 g/mol. The van der Waals surface area contributed by atoms with E-state index < -0.39 is 0 Å². The second-order valence-electron chi connectivity index (χ2n) is 5.90. The minimum absolute atomic E-state index is 0.0786. The fourth-order valence-electron chi connectivity index (χ4n) is 3.26.